The second kappa shape index (κ2) is 10.7. The summed E-state index contributed by atoms with van der Waals surface area (Å²) in [5.41, 5.74) is 1.71. The number of ether oxygens (including phenoxy) is 2. The number of amides is 1. The van der Waals surface area contributed by atoms with Crippen molar-refractivity contribution in [2.75, 3.05) is 20.2 Å². The Kier molecular flexibility index (Phi) is 8.48. The van der Waals surface area contributed by atoms with Crippen LogP contribution in [0.3, 0.4) is 0 Å². The highest BCUT2D eigenvalue weighted by molar-refractivity contribution is 5.98. The lowest BCUT2D eigenvalue weighted by molar-refractivity contribution is -0.143. The van der Waals surface area contributed by atoms with Crippen LogP contribution in [0, 0.1) is 0 Å². The van der Waals surface area contributed by atoms with Gasteiger partial charge in [0.15, 0.2) is 12.4 Å². The van der Waals surface area contributed by atoms with Crippen molar-refractivity contribution in [2.24, 2.45) is 0 Å². The van der Waals surface area contributed by atoms with Gasteiger partial charge in [-0.1, -0.05) is 71.9 Å². The Balaban J connectivity index is 2.00. The Morgan fingerprint density at radius 1 is 0.882 bits per heavy atom. The van der Waals surface area contributed by atoms with Gasteiger partial charge in [0.25, 0.3) is 0 Å². The van der Waals surface area contributed by atoms with Gasteiger partial charge in [-0.3, -0.25) is 9.59 Å². The number of carbonyl (C=O) groups excluding carboxylic acids is 3. The predicted octanol–water partition coefficient (Wildman–Crippen LogP) is 4.98. The van der Waals surface area contributed by atoms with E-state index in [1.165, 1.54) is 7.05 Å². The summed E-state index contributed by atoms with van der Waals surface area (Å²) in [5, 5.41) is 10.8. The molecule has 0 aliphatic rings. The van der Waals surface area contributed by atoms with Crippen LogP contribution in [0.2, 0.25) is 0 Å². The monoisotopic (exact) mass is 469 g/mol. The number of phenols is 1. The smallest absolute Gasteiger partial charge is 0.410 e. The number of benzene rings is 2. The number of Topliss-reactive ketones (excluding diaryl/α,β-unsaturated/α-hetero) is 1. The van der Waals surface area contributed by atoms with Gasteiger partial charge >= 0.3 is 12.1 Å². The highest BCUT2D eigenvalue weighted by Crippen LogP contribution is 2.39. The summed E-state index contributed by atoms with van der Waals surface area (Å²) in [6.07, 6.45) is -0.671. The average molecular weight is 470 g/mol. The minimum Gasteiger partial charge on any atom is -0.507 e. The van der Waals surface area contributed by atoms with Gasteiger partial charge in [-0.15, -0.1) is 0 Å². The summed E-state index contributed by atoms with van der Waals surface area (Å²) >= 11 is 0. The Morgan fingerprint density at radius 2 is 1.41 bits per heavy atom. The lowest BCUT2D eigenvalue weighted by Gasteiger charge is -2.28. The Hall–Kier alpha value is -3.35. The summed E-state index contributed by atoms with van der Waals surface area (Å²) < 4.78 is 10.3. The van der Waals surface area contributed by atoms with Crippen LogP contribution in [0.25, 0.3) is 0 Å². The molecule has 0 aliphatic heterocycles. The van der Waals surface area contributed by atoms with Crippen LogP contribution in [0.5, 0.6) is 5.75 Å². The predicted molar refractivity (Wildman–Crippen MR) is 130 cm³/mol. The van der Waals surface area contributed by atoms with Crippen molar-refractivity contribution in [1.82, 2.24) is 4.90 Å². The van der Waals surface area contributed by atoms with Gasteiger partial charge in [0, 0.05) is 23.7 Å². The van der Waals surface area contributed by atoms with E-state index in [2.05, 4.69) is 0 Å². The molecule has 0 radical (unpaired) electrons. The van der Waals surface area contributed by atoms with Crippen LogP contribution < -0.4 is 0 Å². The number of esters is 1. The number of phenolic OH excluding ortho intramolecular Hbond substituents is 1. The van der Waals surface area contributed by atoms with Crippen molar-refractivity contribution in [3.63, 3.8) is 0 Å². The third-order valence-corrected chi connectivity index (χ3v) is 5.30. The first-order valence-electron chi connectivity index (χ1n) is 11.2. The first kappa shape index (κ1) is 26.9. The molecule has 0 atom stereocenters. The molecule has 0 spiro atoms. The van der Waals surface area contributed by atoms with E-state index >= 15 is 0 Å². The Bertz CT molecular complexity index is 996. The largest absolute Gasteiger partial charge is 0.507 e. The second-order valence-corrected chi connectivity index (χ2v) is 10.4. The fraction of sp³-hybridized carbons (Fsp3) is 0.444. The average Bonchev–Trinajstić information content (AvgIpc) is 2.74. The van der Waals surface area contributed by atoms with Crippen molar-refractivity contribution < 1.29 is 29.0 Å². The first-order valence-corrected chi connectivity index (χ1v) is 11.2. The molecular formula is C27H35NO6. The highest BCUT2D eigenvalue weighted by Gasteiger charge is 2.28. The van der Waals surface area contributed by atoms with E-state index in [-0.39, 0.29) is 29.7 Å². The van der Waals surface area contributed by atoms with Gasteiger partial charge in [-0.25, -0.2) is 4.79 Å². The Morgan fingerprint density at radius 3 is 1.91 bits per heavy atom. The van der Waals surface area contributed by atoms with Crippen molar-refractivity contribution in [1.29, 1.82) is 0 Å². The van der Waals surface area contributed by atoms with Crippen molar-refractivity contribution in [3.05, 3.63) is 64.7 Å². The van der Waals surface area contributed by atoms with Gasteiger partial charge in [-0.05, 0) is 28.5 Å². The SMILES string of the molecule is CN(CC(=O)OCC(=O)c1cc(C(C)(C)C)c(O)c(C(C)(C)C)c1)C(=O)OCc1ccccc1. The van der Waals surface area contributed by atoms with Gasteiger partial charge in [0.1, 0.15) is 18.9 Å². The normalized spacial score (nSPS) is 11.6. The molecule has 184 valence electrons. The molecule has 0 bridgehead atoms. The lowest BCUT2D eigenvalue weighted by Crippen LogP contribution is -2.34. The molecule has 7 nitrogen and oxygen atoms in total. The molecule has 0 aliphatic carbocycles. The standard InChI is InChI=1S/C27H35NO6/c1-26(2,3)20-13-19(14-21(24(20)31)27(4,5)6)22(29)17-33-23(30)15-28(7)25(32)34-16-18-11-9-8-10-12-18/h8-14,31H,15-17H2,1-7H3. The highest BCUT2D eigenvalue weighted by atomic mass is 16.6. The summed E-state index contributed by atoms with van der Waals surface area (Å²) in [5.74, 6) is -0.943. The third kappa shape index (κ3) is 7.33. The minimum absolute atomic E-state index is 0.0879. The molecule has 1 N–H and O–H groups in total. The van der Waals surface area contributed by atoms with E-state index in [9.17, 15) is 19.5 Å². The van der Waals surface area contributed by atoms with Crippen molar-refractivity contribution >= 4 is 17.8 Å². The number of hydrogen-bond donors (Lipinski definition) is 1. The molecule has 0 saturated carbocycles. The van der Waals surface area contributed by atoms with E-state index in [1.807, 2.05) is 71.9 Å². The number of likely N-dealkylation sites (N-methyl/N-ethyl adjacent to an activating group) is 1. The van der Waals surface area contributed by atoms with Crippen molar-refractivity contribution in [2.45, 2.75) is 59.0 Å². The van der Waals surface area contributed by atoms with E-state index in [0.717, 1.165) is 10.5 Å². The quantitative estimate of drug-likeness (QED) is 0.454. The maximum atomic E-state index is 12.8. The first-order chi connectivity index (χ1) is 15.7. The zero-order valence-electron chi connectivity index (χ0n) is 21.1. The molecule has 34 heavy (non-hydrogen) atoms. The molecule has 2 aromatic rings. The van der Waals surface area contributed by atoms with Crippen molar-refractivity contribution in [3.8, 4) is 5.75 Å². The van der Waals surface area contributed by atoms with Gasteiger partial charge < -0.3 is 19.5 Å². The number of nitrogens with zero attached hydrogens (tertiary/aromatic N) is 1. The zero-order chi connectivity index (χ0) is 25.7. The summed E-state index contributed by atoms with van der Waals surface area (Å²) in [7, 11) is 1.42. The molecule has 7 heteroatoms. The maximum Gasteiger partial charge on any atom is 0.410 e. The fourth-order valence-corrected chi connectivity index (χ4v) is 3.30. The Labute approximate surface area is 201 Å². The molecule has 0 aromatic heterocycles. The van der Waals surface area contributed by atoms with Gasteiger partial charge in [0.05, 0.1) is 0 Å². The molecule has 0 heterocycles. The summed E-state index contributed by atoms with van der Waals surface area (Å²) in [6, 6.07) is 12.5. The van der Waals surface area contributed by atoms with Crippen LogP contribution in [-0.2, 0) is 31.7 Å². The zero-order valence-corrected chi connectivity index (χ0v) is 21.1. The van der Waals surface area contributed by atoms with Crippen LogP contribution >= 0.6 is 0 Å². The molecule has 2 aromatic carbocycles. The molecule has 1 amide bonds. The minimum atomic E-state index is -0.724. The molecule has 2 rings (SSSR count). The van der Waals surface area contributed by atoms with Crippen LogP contribution in [0.1, 0.15) is 68.6 Å². The summed E-state index contributed by atoms with van der Waals surface area (Å²) in [6.45, 7) is 11.0. The second-order valence-electron chi connectivity index (χ2n) is 10.4. The van der Waals surface area contributed by atoms with Gasteiger partial charge in [-0.2, -0.15) is 0 Å². The molecule has 0 fully saturated rings. The number of hydrogen-bond acceptors (Lipinski definition) is 6. The molecule has 0 unspecified atom stereocenters. The third-order valence-electron chi connectivity index (χ3n) is 5.30. The number of aromatic hydroxyl groups is 1. The number of ketones is 1. The summed E-state index contributed by atoms with van der Waals surface area (Å²) in [4.78, 5) is 38.2. The van der Waals surface area contributed by atoms with E-state index in [4.69, 9.17) is 9.47 Å². The van der Waals surface area contributed by atoms with E-state index in [0.29, 0.717) is 16.7 Å². The van der Waals surface area contributed by atoms with Gasteiger partial charge in [0.2, 0.25) is 0 Å². The lowest BCUT2D eigenvalue weighted by atomic mass is 9.78. The van der Waals surface area contributed by atoms with E-state index < -0.39 is 24.5 Å². The van der Waals surface area contributed by atoms with Crippen LogP contribution in [0.4, 0.5) is 4.79 Å². The molecular weight excluding hydrogens is 434 g/mol. The van der Waals surface area contributed by atoms with Crippen LogP contribution in [0.15, 0.2) is 42.5 Å². The fourth-order valence-electron chi connectivity index (χ4n) is 3.30. The topological polar surface area (TPSA) is 93.1 Å². The molecule has 0 saturated heterocycles. The number of carbonyl (C=O) groups is 3. The number of rotatable bonds is 7. The maximum absolute atomic E-state index is 12.8. The van der Waals surface area contributed by atoms with Crippen LogP contribution in [-0.4, -0.2) is 48.1 Å². The van der Waals surface area contributed by atoms with E-state index in [1.54, 1.807) is 12.1 Å².